The highest BCUT2D eigenvalue weighted by atomic mass is 16.4. The summed E-state index contributed by atoms with van der Waals surface area (Å²) < 4.78 is 3.50. The molecule has 0 amide bonds. The molecular formula is C13H19N5O2. The van der Waals surface area contributed by atoms with Gasteiger partial charge in [-0.15, -0.1) is 0 Å². The third kappa shape index (κ3) is 2.71. The Labute approximate surface area is 117 Å². The van der Waals surface area contributed by atoms with Crippen LogP contribution in [0.3, 0.4) is 0 Å². The standard InChI is InChI=1S/C13H19N5O2/c1-8(2)5-18-11(14-7-15-18)6-17-10(4)12(13(19)20)9(3)16-17/h7-8H,5-6H2,1-4H3,(H,19,20). The van der Waals surface area contributed by atoms with Crippen LogP contribution in [-0.4, -0.2) is 35.6 Å². The molecule has 0 saturated carbocycles. The van der Waals surface area contributed by atoms with Gasteiger partial charge in [0.15, 0.2) is 0 Å². The lowest BCUT2D eigenvalue weighted by molar-refractivity contribution is 0.0695. The monoisotopic (exact) mass is 277 g/mol. The molecule has 0 aliphatic rings. The molecule has 0 radical (unpaired) electrons. The number of rotatable bonds is 5. The van der Waals surface area contributed by atoms with E-state index < -0.39 is 5.97 Å². The van der Waals surface area contributed by atoms with Crippen LogP contribution in [0.25, 0.3) is 0 Å². The Kier molecular flexibility index (Phi) is 3.87. The van der Waals surface area contributed by atoms with Crippen molar-refractivity contribution >= 4 is 5.97 Å². The second-order valence-corrected chi connectivity index (χ2v) is 5.26. The first-order chi connectivity index (χ1) is 9.40. The summed E-state index contributed by atoms with van der Waals surface area (Å²) in [6.07, 6.45) is 1.52. The van der Waals surface area contributed by atoms with Gasteiger partial charge in [0.25, 0.3) is 0 Å². The van der Waals surface area contributed by atoms with Crippen molar-refractivity contribution < 1.29 is 9.90 Å². The lowest BCUT2D eigenvalue weighted by atomic mass is 10.2. The predicted molar refractivity (Wildman–Crippen MR) is 72.6 cm³/mol. The van der Waals surface area contributed by atoms with Gasteiger partial charge in [0.05, 0.1) is 11.4 Å². The zero-order valence-corrected chi connectivity index (χ0v) is 12.2. The van der Waals surface area contributed by atoms with Gasteiger partial charge in [-0.1, -0.05) is 13.8 Å². The quantitative estimate of drug-likeness (QED) is 0.895. The van der Waals surface area contributed by atoms with Crippen molar-refractivity contribution in [2.24, 2.45) is 5.92 Å². The molecule has 108 valence electrons. The molecule has 0 fully saturated rings. The molecule has 2 aromatic heterocycles. The van der Waals surface area contributed by atoms with Gasteiger partial charge in [0.1, 0.15) is 24.3 Å². The fraction of sp³-hybridized carbons (Fsp3) is 0.538. The Bertz CT molecular complexity index is 627. The third-order valence-electron chi connectivity index (χ3n) is 3.12. The number of aromatic carboxylic acids is 1. The minimum atomic E-state index is -0.949. The molecule has 0 saturated heterocycles. The maximum atomic E-state index is 11.2. The van der Waals surface area contributed by atoms with Gasteiger partial charge in [-0.05, 0) is 19.8 Å². The Morgan fingerprint density at radius 2 is 2.05 bits per heavy atom. The van der Waals surface area contributed by atoms with Crippen LogP contribution in [0, 0.1) is 19.8 Å². The molecule has 0 unspecified atom stereocenters. The largest absolute Gasteiger partial charge is 0.478 e. The van der Waals surface area contributed by atoms with Crippen LogP contribution in [-0.2, 0) is 13.1 Å². The van der Waals surface area contributed by atoms with E-state index in [1.165, 1.54) is 6.33 Å². The number of carboxylic acids is 1. The molecular weight excluding hydrogens is 258 g/mol. The highest BCUT2D eigenvalue weighted by molar-refractivity contribution is 5.90. The van der Waals surface area contributed by atoms with Crippen LogP contribution in [0.1, 0.15) is 41.4 Å². The topological polar surface area (TPSA) is 85.8 Å². The lowest BCUT2D eigenvalue weighted by Crippen LogP contribution is -2.15. The second kappa shape index (κ2) is 5.44. The Morgan fingerprint density at radius 1 is 1.35 bits per heavy atom. The molecule has 0 atom stereocenters. The predicted octanol–water partition coefficient (Wildman–Crippen LogP) is 1.49. The first-order valence-corrected chi connectivity index (χ1v) is 6.54. The van der Waals surface area contributed by atoms with Gasteiger partial charge < -0.3 is 5.11 Å². The SMILES string of the molecule is Cc1nn(Cc2ncnn2CC(C)C)c(C)c1C(=O)O. The molecule has 2 aromatic rings. The van der Waals surface area contributed by atoms with E-state index in [0.717, 1.165) is 12.4 Å². The maximum absolute atomic E-state index is 11.2. The van der Waals surface area contributed by atoms with E-state index in [1.54, 1.807) is 18.5 Å². The Morgan fingerprint density at radius 3 is 2.60 bits per heavy atom. The van der Waals surface area contributed by atoms with Crippen LogP contribution in [0.2, 0.25) is 0 Å². The number of nitrogens with zero attached hydrogens (tertiary/aromatic N) is 5. The molecule has 7 nitrogen and oxygen atoms in total. The lowest BCUT2D eigenvalue weighted by Gasteiger charge is -2.09. The summed E-state index contributed by atoms with van der Waals surface area (Å²) in [6.45, 7) is 8.88. The highest BCUT2D eigenvalue weighted by Crippen LogP contribution is 2.14. The fourth-order valence-electron chi connectivity index (χ4n) is 2.20. The molecule has 0 aromatic carbocycles. The molecule has 0 spiro atoms. The van der Waals surface area contributed by atoms with E-state index >= 15 is 0 Å². The minimum absolute atomic E-state index is 0.264. The second-order valence-electron chi connectivity index (χ2n) is 5.26. The van der Waals surface area contributed by atoms with Crippen molar-refractivity contribution in [2.45, 2.75) is 40.8 Å². The van der Waals surface area contributed by atoms with Crippen molar-refractivity contribution in [2.75, 3.05) is 0 Å². The maximum Gasteiger partial charge on any atom is 0.339 e. The van der Waals surface area contributed by atoms with Crippen LogP contribution in [0.15, 0.2) is 6.33 Å². The molecule has 2 heterocycles. The highest BCUT2D eigenvalue weighted by Gasteiger charge is 2.18. The molecule has 0 aliphatic carbocycles. The summed E-state index contributed by atoms with van der Waals surface area (Å²) in [5.74, 6) is 0.293. The van der Waals surface area contributed by atoms with Crippen molar-refractivity contribution in [3.05, 3.63) is 29.1 Å². The molecule has 0 aliphatic heterocycles. The molecule has 2 rings (SSSR count). The average Bonchev–Trinajstić information content (AvgIpc) is 2.85. The number of carboxylic acid groups (broad SMARTS) is 1. The molecule has 1 N–H and O–H groups in total. The van der Waals surface area contributed by atoms with E-state index in [1.807, 2.05) is 4.68 Å². The summed E-state index contributed by atoms with van der Waals surface area (Å²) in [5, 5.41) is 17.6. The summed E-state index contributed by atoms with van der Waals surface area (Å²) in [6, 6.07) is 0. The van der Waals surface area contributed by atoms with Crippen LogP contribution >= 0.6 is 0 Å². The zero-order chi connectivity index (χ0) is 14.9. The number of hydrogen-bond acceptors (Lipinski definition) is 4. The van der Waals surface area contributed by atoms with Crippen molar-refractivity contribution in [3.8, 4) is 0 Å². The van der Waals surface area contributed by atoms with E-state index in [9.17, 15) is 9.90 Å². The smallest absolute Gasteiger partial charge is 0.339 e. The fourth-order valence-corrected chi connectivity index (χ4v) is 2.20. The van der Waals surface area contributed by atoms with Crippen molar-refractivity contribution in [1.82, 2.24) is 24.5 Å². The molecule has 7 heteroatoms. The normalized spacial score (nSPS) is 11.2. The summed E-state index contributed by atoms with van der Waals surface area (Å²) in [7, 11) is 0. The van der Waals surface area contributed by atoms with Gasteiger partial charge in [-0.25, -0.2) is 14.5 Å². The van der Waals surface area contributed by atoms with Crippen LogP contribution < -0.4 is 0 Å². The number of aryl methyl sites for hydroxylation is 1. The van der Waals surface area contributed by atoms with Crippen molar-refractivity contribution in [1.29, 1.82) is 0 Å². The van der Waals surface area contributed by atoms with Gasteiger partial charge in [-0.2, -0.15) is 10.2 Å². The van der Waals surface area contributed by atoms with Gasteiger partial charge in [0, 0.05) is 6.54 Å². The first kappa shape index (κ1) is 14.2. The molecule has 0 bridgehead atoms. The van der Waals surface area contributed by atoms with Gasteiger partial charge >= 0.3 is 5.97 Å². The van der Waals surface area contributed by atoms with Crippen LogP contribution in [0.4, 0.5) is 0 Å². The van der Waals surface area contributed by atoms with E-state index in [4.69, 9.17) is 0 Å². The van der Waals surface area contributed by atoms with Gasteiger partial charge in [-0.3, -0.25) is 4.68 Å². The number of carbonyl (C=O) groups is 1. The summed E-state index contributed by atoms with van der Waals surface area (Å²) in [5.41, 5.74) is 1.42. The van der Waals surface area contributed by atoms with E-state index in [2.05, 4.69) is 29.0 Å². The van der Waals surface area contributed by atoms with Crippen molar-refractivity contribution in [3.63, 3.8) is 0 Å². The molecule has 20 heavy (non-hydrogen) atoms. The summed E-state index contributed by atoms with van der Waals surface area (Å²) in [4.78, 5) is 15.4. The minimum Gasteiger partial charge on any atom is -0.478 e. The summed E-state index contributed by atoms with van der Waals surface area (Å²) >= 11 is 0. The number of hydrogen-bond donors (Lipinski definition) is 1. The van der Waals surface area contributed by atoms with E-state index in [-0.39, 0.29) is 5.56 Å². The van der Waals surface area contributed by atoms with E-state index in [0.29, 0.717) is 23.9 Å². The number of aromatic nitrogens is 5. The zero-order valence-electron chi connectivity index (χ0n) is 12.2. The van der Waals surface area contributed by atoms with Crippen LogP contribution in [0.5, 0.6) is 0 Å². The Hall–Kier alpha value is -2.18. The average molecular weight is 277 g/mol. The first-order valence-electron chi connectivity index (χ1n) is 6.54. The Balaban J connectivity index is 2.29. The van der Waals surface area contributed by atoms with Gasteiger partial charge in [0.2, 0.25) is 0 Å². The third-order valence-corrected chi connectivity index (χ3v) is 3.12.